The quantitative estimate of drug-likeness (QED) is 0.605. The predicted molar refractivity (Wildman–Crippen MR) is 64.1 cm³/mol. The van der Waals surface area contributed by atoms with Crippen molar-refractivity contribution in [3.8, 4) is 5.75 Å². The lowest BCUT2D eigenvalue weighted by atomic mass is 10.1. The van der Waals surface area contributed by atoms with Crippen molar-refractivity contribution < 1.29 is 18.3 Å². The maximum Gasteiger partial charge on any atom is 0.387 e. The summed E-state index contributed by atoms with van der Waals surface area (Å²) < 4.78 is 28.9. The zero-order chi connectivity index (χ0) is 13.0. The number of Topliss-reactive ketones (excluding diaryl/α,β-unsaturated/α-hetero) is 1. The number of hydrogen-bond donors (Lipinski definition) is 0. The van der Waals surface area contributed by atoms with E-state index in [1.807, 2.05) is 0 Å². The number of ketones is 1. The molecule has 1 unspecified atom stereocenters. The topological polar surface area (TPSA) is 26.3 Å². The van der Waals surface area contributed by atoms with Gasteiger partial charge in [-0.15, -0.1) is 23.4 Å². The first-order chi connectivity index (χ1) is 7.97. The van der Waals surface area contributed by atoms with Gasteiger partial charge in [-0.25, -0.2) is 0 Å². The molecule has 1 atom stereocenters. The summed E-state index contributed by atoms with van der Waals surface area (Å²) >= 11 is 7.25. The average Bonchev–Trinajstić information content (AvgIpc) is 2.26. The normalized spacial score (nSPS) is 12.6. The second-order valence-corrected chi connectivity index (χ2v) is 4.51. The van der Waals surface area contributed by atoms with Gasteiger partial charge in [-0.3, -0.25) is 4.79 Å². The molecule has 0 radical (unpaired) electrons. The fourth-order valence-electron chi connectivity index (χ4n) is 1.35. The van der Waals surface area contributed by atoms with Crippen LogP contribution in [0.4, 0.5) is 8.78 Å². The van der Waals surface area contributed by atoms with Crippen LogP contribution in [0.2, 0.25) is 0 Å². The van der Waals surface area contributed by atoms with Crippen LogP contribution in [0.25, 0.3) is 0 Å². The number of benzene rings is 1. The van der Waals surface area contributed by atoms with Crippen LogP contribution in [-0.4, -0.2) is 18.7 Å². The molecule has 0 aliphatic rings. The Morgan fingerprint density at radius 1 is 1.47 bits per heavy atom. The fourth-order valence-corrected chi connectivity index (χ4v) is 2.30. The Balaban J connectivity index is 3.24. The minimum absolute atomic E-state index is 0.0537. The van der Waals surface area contributed by atoms with Gasteiger partial charge >= 0.3 is 6.61 Å². The third kappa shape index (κ3) is 3.57. The molecule has 0 fully saturated rings. The van der Waals surface area contributed by atoms with Gasteiger partial charge in [-0.2, -0.15) is 8.78 Å². The summed E-state index contributed by atoms with van der Waals surface area (Å²) in [4.78, 5) is 11.9. The molecular formula is C11H11ClF2O2S. The van der Waals surface area contributed by atoms with Gasteiger partial charge in [0.25, 0.3) is 0 Å². The molecule has 0 aliphatic heterocycles. The standard InChI is InChI=1S/C11H11ClF2O2S/c1-6(15)10(12)9-7(16-11(13)14)4-3-5-8(9)17-2/h3-5,10-11H,1-2H3. The third-order valence-electron chi connectivity index (χ3n) is 2.07. The van der Waals surface area contributed by atoms with Crippen molar-refractivity contribution >= 4 is 29.1 Å². The minimum atomic E-state index is -2.94. The highest BCUT2D eigenvalue weighted by Crippen LogP contribution is 2.38. The summed E-state index contributed by atoms with van der Waals surface area (Å²) in [6.45, 7) is -1.64. The third-order valence-corrected chi connectivity index (χ3v) is 3.39. The van der Waals surface area contributed by atoms with Gasteiger partial charge in [-0.05, 0) is 25.3 Å². The van der Waals surface area contributed by atoms with E-state index >= 15 is 0 Å². The number of alkyl halides is 3. The summed E-state index contributed by atoms with van der Waals surface area (Å²) in [6.07, 6.45) is 1.77. The first-order valence-corrected chi connectivity index (χ1v) is 6.39. The number of carbonyl (C=O) groups excluding carboxylic acids is 1. The number of ether oxygens (including phenoxy) is 1. The molecule has 1 rings (SSSR count). The molecule has 0 amide bonds. The molecule has 0 saturated carbocycles. The smallest absolute Gasteiger partial charge is 0.387 e. The van der Waals surface area contributed by atoms with Gasteiger partial charge in [-0.1, -0.05) is 6.07 Å². The van der Waals surface area contributed by atoms with Gasteiger partial charge in [0.1, 0.15) is 11.1 Å². The van der Waals surface area contributed by atoms with E-state index < -0.39 is 12.0 Å². The lowest BCUT2D eigenvalue weighted by Crippen LogP contribution is -2.09. The molecular weight excluding hydrogens is 270 g/mol. The Morgan fingerprint density at radius 3 is 2.59 bits per heavy atom. The molecule has 0 saturated heterocycles. The van der Waals surface area contributed by atoms with Crippen molar-refractivity contribution in [2.75, 3.05) is 6.26 Å². The second kappa shape index (κ2) is 6.21. The van der Waals surface area contributed by atoms with Crippen molar-refractivity contribution in [3.63, 3.8) is 0 Å². The number of rotatable bonds is 5. The zero-order valence-electron chi connectivity index (χ0n) is 9.25. The highest BCUT2D eigenvalue weighted by atomic mass is 35.5. The molecule has 2 nitrogen and oxygen atoms in total. The Bertz CT molecular complexity index is 412. The number of halogens is 3. The molecule has 0 spiro atoms. The van der Waals surface area contributed by atoms with Gasteiger partial charge in [0.05, 0.1) is 0 Å². The molecule has 0 heterocycles. The van der Waals surface area contributed by atoms with Crippen LogP contribution in [0, 0.1) is 0 Å². The zero-order valence-corrected chi connectivity index (χ0v) is 10.8. The van der Waals surface area contributed by atoms with Crippen LogP contribution in [0.1, 0.15) is 17.9 Å². The van der Waals surface area contributed by atoms with Crippen LogP contribution in [0.3, 0.4) is 0 Å². The van der Waals surface area contributed by atoms with E-state index in [-0.39, 0.29) is 11.5 Å². The summed E-state index contributed by atoms with van der Waals surface area (Å²) in [6, 6.07) is 4.66. The highest BCUT2D eigenvalue weighted by molar-refractivity contribution is 7.98. The summed E-state index contributed by atoms with van der Waals surface area (Å²) in [5, 5.41) is -0.979. The monoisotopic (exact) mass is 280 g/mol. The largest absolute Gasteiger partial charge is 0.434 e. The molecule has 0 aliphatic carbocycles. The SMILES string of the molecule is CSc1cccc(OC(F)F)c1C(Cl)C(C)=O. The number of thioether (sulfide) groups is 1. The highest BCUT2D eigenvalue weighted by Gasteiger charge is 2.23. The van der Waals surface area contributed by atoms with E-state index in [0.717, 1.165) is 0 Å². The van der Waals surface area contributed by atoms with Crippen LogP contribution in [0.15, 0.2) is 23.1 Å². The first kappa shape index (κ1) is 14.3. The Morgan fingerprint density at radius 2 is 2.12 bits per heavy atom. The van der Waals surface area contributed by atoms with Crippen molar-refractivity contribution in [2.45, 2.75) is 23.8 Å². The molecule has 17 heavy (non-hydrogen) atoms. The summed E-state index contributed by atoms with van der Waals surface area (Å²) in [5.74, 6) is -0.366. The first-order valence-electron chi connectivity index (χ1n) is 4.73. The van der Waals surface area contributed by atoms with Gasteiger partial charge in [0.15, 0.2) is 5.78 Å². The van der Waals surface area contributed by atoms with Gasteiger partial charge in [0.2, 0.25) is 0 Å². The van der Waals surface area contributed by atoms with Crippen molar-refractivity contribution in [2.24, 2.45) is 0 Å². The van der Waals surface area contributed by atoms with Crippen LogP contribution >= 0.6 is 23.4 Å². The second-order valence-electron chi connectivity index (χ2n) is 3.22. The Labute approximate surface area is 107 Å². The lowest BCUT2D eigenvalue weighted by Gasteiger charge is -2.16. The van der Waals surface area contributed by atoms with Crippen molar-refractivity contribution in [1.29, 1.82) is 0 Å². The average molecular weight is 281 g/mol. The predicted octanol–water partition coefficient (Wildman–Crippen LogP) is 3.88. The van der Waals surface area contributed by atoms with Gasteiger partial charge in [0, 0.05) is 10.5 Å². The number of hydrogen-bond acceptors (Lipinski definition) is 3. The number of carbonyl (C=O) groups is 1. The Hall–Kier alpha value is -0.810. The van der Waals surface area contributed by atoms with Crippen molar-refractivity contribution in [3.05, 3.63) is 23.8 Å². The molecule has 0 bridgehead atoms. The van der Waals surface area contributed by atoms with E-state index in [9.17, 15) is 13.6 Å². The molecule has 0 N–H and O–H groups in total. The van der Waals surface area contributed by atoms with E-state index in [2.05, 4.69) is 4.74 Å². The summed E-state index contributed by atoms with van der Waals surface area (Å²) in [7, 11) is 0. The molecule has 0 aromatic heterocycles. The lowest BCUT2D eigenvalue weighted by molar-refractivity contribution is -0.117. The maximum absolute atomic E-state index is 12.2. The van der Waals surface area contributed by atoms with Crippen LogP contribution < -0.4 is 4.74 Å². The fraction of sp³-hybridized carbons (Fsp3) is 0.364. The van der Waals surface area contributed by atoms with E-state index in [0.29, 0.717) is 10.5 Å². The van der Waals surface area contributed by atoms with Crippen LogP contribution in [0.5, 0.6) is 5.75 Å². The van der Waals surface area contributed by atoms with Crippen LogP contribution in [-0.2, 0) is 4.79 Å². The van der Waals surface area contributed by atoms with E-state index in [1.165, 1.54) is 24.8 Å². The molecule has 1 aromatic rings. The Kier molecular flexibility index (Phi) is 5.21. The minimum Gasteiger partial charge on any atom is -0.434 e. The molecule has 1 aromatic carbocycles. The van der Waals surface area contributed by atoms with E-state index in [4.69, 9.17) is 11.6 Å². The van der Waals surface area contributed by atoms with Gasteiger partial charge < -0.3 is 4.74 Å². The van der Waals surface area contributed by atoms with Crippen molar-refractivity contribution in [1.82, 2.24) is 0 Å². The maximum atomic E-state index is 12.2. The summed E-state index contributed by atoms with van der Waals surface area (Å²) in [5.41, 5.74) is 0.300. The molecule has 94 valence electrons. The molecule has 6 heteroatoms. The van der Waals surface area contributed by atoms with E-state index in [1.54, 1.807) is 18.4 Å².